The lowest BCUT2D eigenvalue weighted by Crippen LogP contribution is -2.47. The van der Waals surface area contributed by atoms with Gasteiger partial charge in [-0.15, -0.1) is 0 Å². The van der Waals surface area contributed by atoms with Crippen LogP contribution in [-0.4, -0.2) is 61.8 Å². The molecular weight excluding hydrogens is 346 g/mol. The van der Waals surface area contributed by atoms with Crippen LogP contribution in [0, 0.1) is 10.1 Å². The monoisotopic (exact) mass is 361 g/mol. The van der Waals surface area contributed by atoms with Crippen molar-refractivity contribution in [3.8, 4) is 5.75 Å². The number of hydrogen-bond donors (Lipinski definition) is 2. The number of carbonyl (C=O) groups is 1. The van der Waals surface area contributed by atoms with Crippen LogP contribution in [0.1, 0.15) is 0 Å². The fourth-order valence-electron chi connectivity index (χ4n) is 2.12. The van der Waals surface area contributed by atoms with Crippen molar-refractivity contribution in [2.45, 2.75) is 11.0 Å². The highest BCUT2D eigenvalue weighted by Crippen LogP contribution is 2.29. The van der Waals surface area contributed by atoms with Crippen molar-refractivity contribution in [3.05, 3.63) is 28.3 Å². The van der Waals surface area contributed by atoms with Crippen molar-refractivity contribution in [2.24, 2.45) is 5.14 Å². The maximum absolute atomic E-state index is 11.3. The Kier molecular flexibility index (Phi) is 5.21. The number of benzene rings is 1. The number of nitrogens with zero attached hydrogens (tertiary/aromatic N) is 2. The van der Waals surface area contributed by atoms with Gasteiger partial charge in [-0.2, -0.15) is 0 Å². The first-order valence-corrected chi connectivity index (χ1v) is 8.26. The van der Waals surface area contributed by atoms with E-state index in [-0.39, 0.29) is 32.1 Å². The molecule has 132 valence electrons. The molecule has 0 saturated carbocycles. The molecule has 3 N–H and O–H groups in total. The number of primary sulfonamides is 1. The van der Waals surface area contributed by atoms with Crippen LogP contribution in [0.5, 0.6) is 5.75 Å². The first-order valence-electron chi connectivity index (χ1n) is 6.72. The number of nitrogens with two attached hydrogens (primary N) is 1. The molecule has 0 aromatic heterocycles. The number of sulfonamides is 1. The third-order valence-corrected chi connectivity index (χ3v) is 4.20. The van der Waals surface area contributed by atoms with E-state index in [2.05, 4.69) is 0 Å². The predicted molar refractivity (Wildman–Crippen MR) is 79.3 cm³/mol. The fourth-order valence-corrected chi connectivity index (χ4v) is 2.65. The highest BCUT2D eigenvalue weighted by atomic mass is 32.2. The molecule has 2 rings (SSSR count). The van der Waals surface area contributed by atoms with Crippen LogP contribution in [0.4, 0.5) is 10.5 Å². The van der Waals surface area contributed by atoms with E-state index in [4.69, 9.17) is 19.7 Å². The normalized spacial score (nSPS) is 18.2. The first-order chi connectivity index (χ1) is 11.2. The number of rotatable bonds is 5. The summed E-state index contributed by atoms with van der Waals surface area (Å²) in [6.07, 6.45) is -1.68. The molecule has 1 aliphatic rings. The van der Waals surface area contributed by atoms with Gasteiger partial charge in [0.1, 0.15) is 12.7 Å². The predicted octanol–water partition coefficient (Wildman–Crippen LogP) is -0.000200. The molecule has 24 heavy (non-hydrogen) atoms. The Labute approximate surface area is 136 Å². The zero-order valence-electron chi connectivity index (χ0n) is 12.3. The molecule has 0 aliphatic carbocycles. The van der Waals surface area contributed by atoms with Crippen LogP contribution in [0.25, 0.3) is 0 Å². The van der Waals surface area contributed by atoms with Crippen LogP contribution in [0.15, 0.2) is 23.1 Å². The van der Waals surface area contributed by atoms with Crippen LogP contribution < -0.4 is 9.88 Å². The second-order valence-corrected chi connectivity index (χ2v) is 6.53. The van der Waals surface area contributed by atoms with Crippen molar-refractivity contribution in [1.82, 2.24) is 4.90 Å². The third-order valence-electron chi connectivity index (χ3n) is 3.29. The second kappa shape index (κ2) is 6.98. The lowest BCUT2D eigenvalue weighted by atomic mass is 10.2. The van der Waals surface area contributed by atoms with E-state index in [1.54, 1.807) is 0 Å². The highest BCUT2D eigenvalue weighted by Gasteiger charge is 2.26. The van der Waals surface area contributed by atoms with Crippen molar-refractivity contribution >= 4 is 21.8 Å². The van der Waals surface area contributed by atoms with E-state index in [0.29, 0.717) is 0 Å². The molecule has 1 heterocycles. The summed E-state index contributed by atoms with van der Waals surface area (Å²) in [4.78, 5) is 21.9. The van der Waals surface area contributed by atoms with Gasteiger partial charge in [-0.05, 0) is 12.1 Å². The quantitative estimate of drug-likeness (QED) is 0.547. The fraction of sp³-hybridized carbons (Fsp3) is 0.417. The maximum Gasteiger partial charge on any atom is 0.407 e. The smallest absolute Gasteiger partial charge is 0.407 e. The van der Waals surface area contributed by atoms with E-state index in [1.165, 1.54) is 0 Å². The maximum atomic E-state index is 11.3. The van der Waals surface area contributed by atoms with Gasteiger partial charge in [0, 0.05) is 12.6 Å². The Morgan fingerprint density at radius 3 is 2.83 bits per heavy atom. The molecule has 0 radical (unpaired) electrons. The molecule has 0 spiro atoms. The van der Waals surface area contributed by atoms with Gasteiger partial charge in [0.25, 0.3) is 0 Å². The zero-order chi connectivity index (χ0) is 17.9. The van der Waals surface area contributed by atoms with Gasteiger partial charge in [0.15, 0.2) is 5.75 Å². The Balaban J connectivity index is 2.12. The summed E-state index contributed by atoms with van der Waals surface area (Å²) in [7, 11) is -4.08. The molecule has 1 aromatic carbocycles. The van der Waals surface area contributed by atoms with Gasteiger partial charge in [0.05, 0.1) is 23.0 Å². The summed E-state index contributed by atoms with van der Waals surface area (Å²) in [5.74, 6) is -0.163. The lowest BCUT2D eigenvalue weighted by Gasteiger charge is -2.30. The van der Waals surface area contributed by atoms with Gasteiger partial charge in [-0.3, -0.25) is 10.1 Å². The van der Waals surface area contributed by atoms with Crippen molar-refractivity contribution < 1.29 is 32.7 Å². The molecule has 1 aromatic rings. The molecule has 1 saturated heterocycles. The summed E-state index contributed by atoms with van der Waals surface area (Å²) in [6, 6.07) is 3.01. The molecule has 1 aliphatic heterocycles. The average molecular weight is 361 g/mol. The van der Waals surface area contributed by atoms with Crippen LogP contribution in [-0.2, 0) is 14.8 Å². The Bertz CT molecular complexity index is 751. The SMILES string of the molecule is NS(=O)(=O)c1ccc(OCC2CN(C(=O)O)CCO2)c([N+](=O)[O-])c1. The molecule has 1 unspecified atom stereocenters. The molecule has 1 atom stereocenters. The third kappa shape index (κ3) is 4.31. The molecular formula is C12H15N3O8S. The van der Waals surface area contributed by atoms with Crippen molar-refractivity contribution in [1.29, 1.82) is 0 Å². The Hall–Kier alpha value is -2.44. The lowest BCUT2D eigenvalue weighted by molar-refractivity contribution is -0.386. The largest absolute Gasteiger partial charge is 0.484 e. The first kappa shape index (κ1) is 17.9. The van der Waals surface area contributed by atoms with Gasteiger partial charge in [0.2, 0.25) is 10.0 Å². The minimum atomic E-state index is -4.08. The summed E-state index contributed by atoms with van der Waals surface area (Å²) in [5, 5.41) is 24.9. The minimum Gasteiger partial charge on any atom is -0.484 e. The minimum absolute atomic E-state index is 0.0679. The molecule has 0 bridgehead atoms. The Morgan fingerprint density at radius 1 is 1.54 bits per heavy atom. The van der Waals surface area contributed by atoms with E-state index in [9.17, 15) is 23.3 Å². The summed E-state index contributed by atoms with van der Waals surface area (Å²) in [5.41, 5.74) is -0.563. The van der Waals surface area contributed by atoms with Gasteiger partial charge >= 0.3 is 11.8 Å². The number of nitro groups is 1. The van der Waals surface area contributed by atoms with E-state index in [0.717, 1.165) is 23.1 Å². The van der Waals surface area contributed by atoms with Crippen molar-refractivity contribution in [2.75, 3.05) is 26.3 Å². The number of nitro benzene ring substituents is 1. The van der Waals surface area contributed by atoms with Gasteiger partial charge in [-0.1, -0.05) is 0 Å². The number of ether oxygens (including phenoxy) is 2. The average Bonchev–Trinajstić information content (AvgIpc) is 2.52. The Morgan fingerprint density at radius 2 is 2.25 bits per heavy atom. The standard InChI is InChI=1S/C12H15N3O8S/c13-24(20,21)9-1-2-11(10(5-9)15(18)19)23-7-8-6-14(12(16)17)3-4-22-8/h1-2,5,8H,3-4,6-7H2,(H,16,17)(H2,13,20,21). The zero-order valence-corrected chi connectivity index (χ0v) is 13.1. The molecule has 11 nitrogen and oxygen atoms in total. The molecule has 1 fully saturated rings. The van der Waals surface area contributed by atoms with Gasteiger partial charge in [-0.25, -0.2) is 18.4 Å². The number of morpholine rings is 1. The highest BCUT2D eigenvalue weighted by molar-refractivity contribution is 7.89. The van der Waals surface area contributed by atoms with Crippen LogP contribution in [0.3, 0.4) is 0 Å². The second-order valence-electron chi connectivity index (χ2n) is 4.96. The van der Waals surface area contributed by atoms with E-state index < -0.39 is 37.7 Å². The van der Waals surface area contributed by atoms with E-state index in [1.807, 2.05) is 0 Å². The number of amides is 1. The summed E-state index contributed by atoms with van der Waals surface area (Å²) in [6.45, 7) is 0.361. The summed E-state index contributed by atoms with van der Waals surface area (Å²) < 4.78 is 33.2. The molecule has 12 heteroatoms. The number of hydrogen-bond acceptors (Lipinski definition) is 7. The summed E-state index contributed by atoms with van der Waals surface area (Å²) >= 11 is 0. The van der Waals surface area contributed by atoms with E-state index >= 15 is 0 Å². The van der Waals surface area contributed by atoms with Crippen molar-refractivity contribution in [3.63, 3.8) is 0 Å². The topological polar surface area (TPSA) is 162 Å². The van der Waals surface area contributed by atoms with Gasteiger partial charge < -0.3 is 19.5 Å². The van der Waals surface area contributed by atoms with Crippen LogP contribution >= 0.6 is 0 Å². The van der Waals surface area contributed by atoms with Crippen LogP contribution in [0.2, 0.25) is 0 Å². The number of carboxylic acid groups (broad SMARTS) is 1. The molecule has 1 amide bonds.